The van der Waals surface area contributed by atoms with E-state index >= 15 is 0 Å². The van der Waals surface area contributed by atoms with Gasteiger partial charge in [0, 0.05) is 50.9 Å². The number of nitrogens with one attached hydrogen (secondary N) is 2. The van der Waals surface area contributed by atoms with Gasteiger partial charge in [-0.05, 0) is 109 Å². The number of aromatic hydroxyl groups is 2. The average Bonchev–Trinajstić information content (AvgIpc) is 3.36. The molecular weight excluding hydrogens is 743 g/mol. The maximum atomic E-state index is 13.4. The molecule has 0 unspecified atom stereocenters. The number of aryl methyl sites for hydroxylation is 1. The van der Waals surface area contributed by atoms with Crippen LogP contribution in [0, 0.1) is 3.57 Å². The predicted molar refractivity (Wildman–Crippen MR) is 186 cm³/mol. The molecule has 0 fully saturated rings. The number of ether oxygens (including phenoxy) is 2. The van der Waals surface area contributed by atoms with Crippen LogP contribution in [0.4, 0.5) is 0 Å². The Morgan fingerprint density at radius 1 is 0.816 bits per heavy atom. The lowest BCUT2D eigenvalue weighted by Crippen LogP contribution is -2.41. The van der Waals surface area contributed by atoms with Crippen molar-refractivity contribution in [1.29, 1.82) is 0 Å². The number of carboxylic acids is 1. The summed E-state index contributed by atoms with van der Waals surface area (Å²) in [4.78, 5) is 50.8. The molecule has 0 saturated heterocycles. The van der Waals surface area contributed by atoms with Crippen molar-refractivity contribution in [3.05, 3.63) is 116 Å². The van der Waals surface area contributed by atoms with Crippen LogP contribution in [0.3, 0.4) is 0 Å². The van der Waals surface area contributed by atoms with E-state index in [0.29, 0.717) is 42.5 Å². The second kappa shape index (κ2) is 14.2. The molecule has 4 aromatic carbocycles. The molecule has 252 valence electrons. The first-order valence-corrected chi connectivity index (χ1v) is 16.9. The van der Waals surface area contributed by atoms with Crippen LogP contribution in [0.25, 0.3) is 0 Å². The Hall–Kier alpha value is -5.11. The smallest absolute Gasteiger partial charge is 0.340 e. The van der Waals surface area contributed by atoms with Gasteiger partial charge in [-0.25, -0.2) is 9.59 Å². The number of phenols is 2. The van der Waals surface area contributed by atoms with E-state index in [1.54, 1.807) is 18.2 Å². The van der Waals surface area contributed by atoms with Gasteiger partial charge in [0.25, 0.3) is 5.91 Å². The summed E-state index contributed by atoms with van der Waals surface area (Å²) in [6.07, 6.45) is 3.07. The minimum atomic E-state index is -1.48. The molecule has 2 aliphatic heterocycles. The van der Waals surface area contributed by atoms with E-state index in [9.17, 15) is 34.5 Å². The zero-order valence-electron chi connectivity index (χ0n) is 26.2. The number of amides is 2. The van der Waals surface area contributed by atoms with Crippen LogP contribution in [-0.4, -0.2) is 51.7 Å². The van der Waals surface area contributed by atoms with Crippen LogP contribution in [0.5, 0.6) is 23.0 Å². The van der Waals surface area contributed by atoms with Crippen molar-refractivity contribution in [2.24, 2.45) is 0 Å². The number of phenolic OH excluding ortho intramolecular Hbond substituents is 2. The Morgan fingerprint density at radius 2 is 1.47 bits per heavy atom. The van der Waals surface area contributed by atoms with E-state index in [1.807, 2.05) is 12.1 Å². The third-order valence-corrected chi connectivity index (χ3v) is 9.38. The molecular formula is C37H33IN2O9. The highest BCUT2D eigenvalue weighted by atomic mass is 127. The number of unbranched alkanes of at least 4 members (excludes halogenated alkanes) is 1. The molecule has 12 heteroatoms. The lowest BCUT2D eigenvalue weighted by atomic mass is 9.77. The monoisotopic (exact) mass is 776 g/mol. The highest BCUT2D eigenvalue weighted by Gasteiger charge is 2.53. The summed E-state index contributed by atoms with van der Waals surface area (Å²) in [6.45, 7) is 0.397. The lowest BCUT2D eigenvalue weighted by molar-refractivity contribution is -0.139. The van der Waals surface area contributed by atoms with Crippen molar-refractivity contribution in [2.45, 2.75) is 50.2 Å². The van der Waals surface area contributed by atoms with Crippen LogP contribution in [0.1, 0.15) is 75.1 Å². The van der Waals surface area contributed by atoms with Crippen LogP contribution in [0.15, 0.2) is 78.9 Å². The number of carbonyl (C=O) groups is 4. The highest BCUT2D eigenvalue weighted by Crippen LogP contribution is 2.57. The Kier molecular flexibility index (Phi) is 9.77. The predicted octanol–water partition coefficient (Wildman–Crippen LogP) is 5.76. The number of fused-ring (bicyclic) bond motifs is 6. The Bertz CT molecular complexity index is 1890. The summed E-state index contributed by atoms with van der Waals surface area (Å²) in [5, 5.41) is 35.4. The molecule has 0 saturated carbocycles. The van der Waals surface area contributed by atoms with Crippen LogP contribution >= 0.6 is 22.6 Å². The van der Waals surface area contributed by atoms with E-state index in [4.69, 9.17) is 9.47 Å². The standard InChI is InChI=1S/C37H33IN2O9/c38-23-10-7-21(8-11-23)4-3-6-33(43)39-17-2-1-5-30(35(45)46)40-34(44)22-9-14-27-26(18-22)36(47)49-37(27)28-15-12-24(41)19-31(28)48-32-20-25(42)13-16-29(32)37/h7-16,18-20,30,41-42H,1-6,17H2,(H,39,43)(H,40,44)(H,45,46)/t30-/m1/s1. The van der Waals surface area contributed by atoms with E-state index in [0.717, 1.165) is 16.4 Å². The fourth-order valence-corrected chi connectivity index (χ4v) is 6.60. The van der Waals surface area contributed by atoms with Gasteiger partial charge < -0.3 is 35.4 Å². The third-order valence-electron chi connectivity index (χ3n) is 8.66. The number of hydrogen-bond acceptors (Lipinski definition) is 8. The molecule has 2 aliphatic rings. The Balaban J connectivity index is 1.08. The normalized spacial score (nSPS) is 14.1. The fraction of sp³-hybridized carbons (Fsp3) is 0.243. The zero-order chi connectivity index (χ0) is 34.7. The summed E-state index contributed by atoms with van der Waals surface area (Å²) in [5.41, 5.74) is 1.18. The molecule has 2 amide bonds. The van der Waals surface area contributed by atoms with Crippen LogP contribution in [0.2, 0.25) is 0 Å². The molecule has 0 radical (unpaired) electrons. The van der Waals surface area contributed by atoms with E-state index in [-0.39, 0.29) is 46.5 Å². The highest BCUT2D eigenvalue weighted by molar-refractivity contribution is 14.1. The molecule has 49 heavy (non-hydrogen) atoms. The van der Waals surface area contributed by atoms with Gasteiger partial charge in [-0.1, -0.05) is 18.2 Å². The number of benzene rings is 4. The summed E-state index contributed by atoms with van der Waals surface area (Å²) in [6, 6.07) is 20.2. The molecule has 5 N–H and O–H groups in total. The first-order valence-electron chi connectivity index (χ1n) is 15.8. The van der Waals surface area contributed by atoms with Gasteiger partial charge >= 0.3 is 11.9 Å². The molecule has 0 bridgehead atoms. The number of carbonyl (C=O) groups excluding carboxylic acids is 3. The Morgan fingerprint density at radius 3 is 2.12 bits per heavy atom. The third kappa shape index (κ3) is 7.05. The van der Waals surface area contributed by atoms with Gasteiger partial charge in [0.1, 0.15) is 29.0 Å². The fourth-order valence-electron chi connectivity index (χ4n) is 6.24. The van der Waals surface area contributed by atoms with Crippen LogP contribution < -0.4 is 15.4 Å². The van der Waals surface area contributed by atoms with E-state index in [1.165, 1.54) is 42.0 Å². The maximum absolute atomic E-state index is 13.4. The minimum Gasteiger partial charge on any atom is -0.508 e. The minimum absolute atomic E-state index is 0.0606. The van der Waals surface area contributed by atoms with Crippen molar-refractivity contribution in [1.82, 2.24) is 10.6 Å². The molecule has 0 aliphatic carbocycles. The van der Waals surface area contributed by atoms with E-state index < -0.39 is 29.5 Å². The van der Waals surface area contributed by atoms with Crippen molar-refractivity contribution in [3.63, 3.8) is 0 Å². The first-order chi connectivity index (χ1) is 23.5. The number of esters is 1. The van der Waals surface area contributed by atoms with Crippen LogP contribution in [-0.2, 0) is 26.3 Å². The average molecular weight is 777 g/mol. The van der Waals surface area contributed by atoms with Crippen molar-refractivity contribution in [2.75, 3.05) is 6.54 Å². The molecule has 11 nitrogen and oxygen atoms in total. The lowest BCUT2D eigenvalue weighted by Gasteiger charge is -2.36. The van der Waals surface area contributed by atoms with Gasteiger partial charge in [-0.2, -0.15) is 0 Å². The summed E-state index contributed by atoms with van der Waals surface area (Å²) < 4.78 is 13.2. The maximum Gasteiger partial charge on any atom is 0.340 e. The quantitative estimate of drug-likeness (QED) is 0.0682. The Labute approximate surface area is 295 Å². The van der Waals surface area contributed by atoms with Gasteiger partial charge in [0.2, 0.25) is 5.91 Å². The van der Waals surface area contributed by atoms with Gasteiger partial charge in [-0.3, -0.25) is 9.59 Å². The molecule has 1 atom stereocenters. The second-order valence-corrected chi connectivity index (χ2v) is 13.2. The molecule has 2 heterocycles. The summed E-state index contributed by atoms with van der Waals surface area (Å²) >= 11 is 2.25. The number of aliphatic carboxylic acids is 1. The summed E-state index contributed by atoms with van der Waals surface area (Å²) in [7, 11) is 0. The largest absolute Gasteiger partial charge is 0.508 e. The zero-order valence-corrected chi connectivity index (χ0v) is 28.4. The van der Waals surface area contributed by atoms with Crippen molar-refractivity contribution < 1.29 is 44.0 Å². The molecule has 4 aromatic rings. The molecule has 0 aromatic heterocycles. The van der Waals surface area contributed by atoms with Gasteiger partial charge in [-0.15, -0.1) is 0 Å². The van der Waals surface area contributed by atoms with Crippen molar-refractivity contribution in [3.8, 4) is 23.0 Å². The number of carboxylic acid groups (broad SMARTS) is 1. The van der Waals surface area contributed by atoms with Gasteiger partial charge in [0.15, 0.2) is 5.60 Å². The summed E-state index contributed by atoms with van der Waals surface area (Å²) in [5.74, 6) is -2.34. The number of halogens is 1. The second-order valence-electron chi connectivity index (χ2n) is 12.0. The number of hydrogen-bond donors (Lipinski definition) is 5. The van der Waals surface area contributed by atoms with E-state index in [2.05, 4.69) is 45.4 Å². The van der Waals surface area contributed by atoms with Crippen molar-refractivity contribution >= 4 is 46.3 Å². The first kappa shape index (κ1) is 33.8. The molecule has 6 rings (SSSR count). The molecule has 1 spiro atoms. The SMILES string of the molecule is O=C(CCCc1ccc(I)cc1)NCCCC[C@@H](NC(=O)c1ccc2c(c1)C(=O)OC21c2ccc(O)cc2Oc2cc(O)ccc21)C(=O)O. The van der Waals surface area contributed by atoms with Gasteiger partial charge in [0.05, 0.1) is 5.56 Å². The topological polar surface area (TPSA) is 171 Å². The number of rotatable bonds is 12.